The van der Waals surface area contributed by atoms with Gasteiger partial charge in [0, 0.05) is 6.08 Å². The van der Waals surface area contributed by atoms with Crippen LogP contribution in [0, 0.1) is 35.0 Å². The van der Waals surface area contributed by atoms with Crippen LogP contribution in [0.25, 0.3) is 0 Å². The molecule has 0 aliphatic heterocycles. The van der Waals surface area contributed by atoms with Crippen LogP contribution in [0.1, 0.15) is 64.7 Å². The average Bonchev–Trinajstić information content (AvgIpc) is 2.58. The second kappa shape index (κ2) is 9.67. The summed E-state index contributed by atoms with van der Waals surface area (Å²) in [5.74, 6) is 3.38. The van der Waals surface area contributed by atoms with Crippen molar-refractivity contribution in [2.45, 2.75) is 64.7 Å². The maximum Gasteiger partial charge on any atom is 0.0912 e. The Morgan fingerprint density at radius 3 is 1.77 bits per heavy atom. The fraction of sp³-hybridized carbons (Fsp3) is 0.667. The van der Waals surface area contributed by atoms with Gasteiger partial charge in [-0.25, -0.2) is 0 Å². The molecule has 0 heterocycles. The molecule has 1 nitrogen and oxygen atoms in total. The van der Waals surface area contributed by atoms with E-state index < -0.39 is 0 Å². The van der Waals surface area contributed by atoms with Gasteiger partial charge in [0.05, 0.1) is 6.07 Å². The van der Waals surface area contributed by atoms with Gasteiger partial charge in [0.15, 0.2) is 0 Å². The highest BCUT2D eigenvalue weighted by Crippen LogP contribution is 2.34. The summed E-state index contributed by atoms with van der Waals surface area (Å²) < 4.78 is 0. The third-order valence-electron chi connectivity index (χ3n) is 5.61. The second-order valence-corrected chi connectivity index (χ2v) is 7.12. The molecule has 0 saturated heterocycles. The third-order valence-corrected chi connectivity index (χ3v) is 5.61. The lowest BCUT2D eigenvalue weighted by Crippen LogP contribution is -2.14. The van der Waals surface area contributed by atoms with Crippen LogP contribution < -0.4 is 0 Å². The minimum Gasteiger partial charge on any atom is -0.193 e. The Labute approximate surface area is 136 Å². The first kappa shape index (κ1) is 17.1. The molecular formula is C21H31N. The highest BCUT2D eigenvalue weighted by atomic mass is 14.3. The normalized spacial score (nSPS) is 33.6. The van der Waals surface area contributed by atoms with E-state index in [0.717, 1.165) is 17.8 Å². The molecule has 2 saturated carbocycles. The number of nitrogens with zero attached hydrogens (tertiary/aromatic N) is 1. The molecule has 2 rings (SSSR count). The maximum absolute atomic E-state index is 8.45. The van der Waals surface area contributed by atoms with Crippen LogP contribution in [0.2, 0.25) is 0 Å². The zero-order valence-electron chi connectivity index (χ0n) is 14.1. The van der Waals surface area contributed by atoms with E-state index in [-0.39, 0.29) is 0 Å². The van der Waals surface area contributed by atoms with E-state index in [2.05, 4.69) is 25.2 Å². The predicted octanol–water partition coefficient (Wildman–Crippen LogP) is 6.20. The van der Waals surface area contributed by atoms with Crippen molar-refractivity contribution in [1.29, 1.82) is 5.26 Å². The van der Waals surface area contributed by atoms with Crippen molar-refractivity contribution in [1.82, 2.24) is 0 Å². The summed E-state index contributed by atoms with van der Waals surface area (Å²) in [5, 5.41) is 8.45. The molecule has 0 radical (unpaired) electrons. The van der Waals surface area contributed by atoms with Gasteiger partial charge in [-0.05, 0) is 75.0 Å². The predicted molar refractivity (Wildman–Crippen MR) is 94.2 cm³/mol. The Balaban J connectivity index is 1.67. The van der Waals surface area contributed by atoms with E-state index in [4.69, 9.17) is 5.26 Å². The van der Waals surface area contributed by atoms with Crippen molar-refractivity contribution in [3.8, 4) is 6.07 Å². The Hall–Kier alpha value is -1.29. The molecule has 0 spiro atoms. The van der Waals surface area contributed by atoms with Gasteiger partial charge < -0.3 is 0 Å². The summed E-state index contributed by atoms with van der Waals surface area (Å²) in [5.41, 5.74) is 0. The lowest BCUT2D eigenvalue weighted by molar-refractivity contribution is 0.301. The van der Waals surface area contributed by atoms with Crippen LogP contribution in [0.3, 0.4) is 0 Å². The fourth-order valence-electron chi connectivity index (χ4n) is 3.95. The zero-order valence-corrected chi connectivity index (χ0v) is 14.1. The molecular weight excluding hydrogens is 266 g/mol. The standard InChI is InChI=1S/C21H31N/c1-2-18-7-9-20(10-8-18)15-16-21-13-11-19(12-14-21)6-4-3-5-17-22/h3-6,15-16,18-21H,2,7-14H2,1H3/b5-3?,6-4?,16-15+. The van der Waals surface area contributed by atoms with E-state index in [1.165, 1.54) is 63.9 Å². The lowest BCUT2D eigenvalue weighted by atomic mass is 9.78. The first-order valence-electron chi connectivity index (χ1n) is 9.23. The van der Waals surface area contributed by atoms with Crippen LogP contribution in [-0.4, -0.2) is 0 Å². The number of allylic oxidation sites excluding steroid dienone is 6. The molecule has 0 bridgehead atoms. The molecule has 0 N–H and O–H groups in total. The van der Waals surface area contributed by atoms with Gasteiger partial charge in [-0.15, -0.1) is 0 Å². The molecule has 1 heteroatoms. The van der Waals surface area contributed by atoms with Gasteiger partial charge in [0.1, 0.15) is 0 Å². The molecule has 120 valence electrons. The van der Waals surface area contributed by atoms with Crippen LogP contribution in [-0.2, 0) is 0 Å². The first-order valence-corrected chi connectivity index (χ1v) is 9.23. The fourth-order valence-corrected chi connectivity index (χ4v) is 3.95. The average molecular weight is 297 g/mol. The topological polar surface area (TPSA) is 23.8 Å². The molecule has 0 unspecified atom stereocenters. The first-order chi connectivity index (χ1) is 10.8. The van der Waals surface area contributed by atoms with Crippen LogP contribution in [0.5, 0.6) is 0 Å². The van der Waals surface area contributed by atoms with Gasteiger partial charge >= 0.3 is 0 Å². The number of rotatable bonds is 5. The summed E-state index contributed by atoms with van der Waals surface area (Å²) in [7, 11) is 0. The van der Waals surface area contributed by atoms with Crippen molar-refractivity contribution in [2.75, 3.05) is 0 Å². The van der Waals surface area contributed by atoms with Crippen LogP contribution >= 0.6 is 0 Å². The van der Waals surface area contributed by atoms with Crippen molar-refractivity contribution in [2.24, 2.45) is 23.7 Å². The minimum atomic E-state index is 0.716. The summed E-state index contributed by atoms with van der Waals surface area (Å²) in [6.07, 6.45) is 25.1. The Kier molecular flexibility index (Phi) is 7.50. The van der Waals surface area contributed by atoms with Crippen molar-refractivity contribution in [3.63, 3.8) is 0 Å². The van der Waals surface area contributed by atoms with Gasteiger partial charge in [-0.3, -0.25) is 0 Å². The molecule has 0 amide bonds. The SMILES string of the molecule is CCC1CCC(/C=C/C2CCC(C=CC=CC#N)CC2)CC1. The highest BCUT2D eigenvalue weighted by molar-refractivity contribution is 5.12. The monoisotopic (exact) mass is 297 g/mol. The van der Waals surface area contributed by atoms with Crippen molar-refractivity contribution in [3.05, 3.63) is 36.5 Å². The van der Waals surface area contributed by atoms with E-state index in [1.54, 1.807) is 0 Å². The second-order valence-electron chi connectivity index (χ2n) is 7.12. The van der Waals surface area contributed by atoms with E-state index in [1.807, 2.05) is 18.2 Å². The smallest absolute Gasteiger partial charge is 0.0912 e. The Morgan fingerprint density at radius 2 is 1.27 bits per heavy atom. The quantitative estimate of drug-likeness (QED) is 0.336. The third kappa shape index (κ3) is 5.84. The van der Waals surface area contributed by atoms with Crippen molar-refractivity contribution >= 4 is 0 Å². The Bertz CT molecular complexity index is 421. The largest absolute Gasteiger partial charge is 0.193 e. The highest BCUT2D eigenvalue weighted by Gasteiger charge is 2.20. The van der Waals surface area contributed by atoms with Gasteiger partial charge in [0.25, 0.3) is 0 Å². The minimum absolute atomic E-state index is 0.716. The van der Waals surface area contributed by atoms with E-state index in [9.17, 15) is 0 Å². The molecule has 2 fully saturated rings. The summed E-state index contributed by atoms with van der Waals surface area (Å²) in [4.78, 5) is 0. The number of hydrogen-bond acceptors (Lipinski definition) is 1. The molecule has 0 atom stereocenters. The maximum atomic E-state index is 8.45. The summed E-state index contributed by atoms with van der Waals surface area (Å²) in [6, 6.07) is 2.03. The molecule has 2 aliphatic carbocycles. The molecule has 22 heavy (non-hydrogen) atoms. The van der Waals surface area contributed by atoms with Crippen LogP contribution in [0.15, 0.2) is 36.5 Å². The molecule has 2 aliphatic rings. The lowest BCUT2D eigenvalue weighted by Gasteiger charge is -2.27. The summed E-state index contributed by atoms with van der Waals surface area (Å²) in [6.45, 7) is 2.34. The van der Waals surface area contributed by atoms with Gasteiger partial charge in [-0.1, -0.05) is 43.7 Å². The summed E-state index contributed by atoms with van der Waals surface area (Å²) >= 11 is 0. The molecule has 0 aromatic rings. The molecule has 0 aromatic heterocycles. The zero-order chi connectivity index (χ0) is 15.6. The van der Waals surface area contributed by atoms with Gasteiger partial charge in [-0.2, -0.15) is 5.26 Å². The van der Waals surface area contributed by atoms with E-state index in [0.29, 0.717) is 5.92 Å². The van der Waals surface area contributed by atoms with Gasteiger partial charge in [0.2, 0.25) is 0 Å². The Morgan fingerprint density at radius 1 is 0.773 bits per heavy atom. The van der Waals surface area contributed by atoms with E-state index >= 15 is 0 Å². The van der Waals surface area contributed by atoms with Crippen LogP contribution in [0.4, 0.5) is 0 Å². The number of nitriles is 1. The number of hydrogen-bond donors (Lipinski definition) is 0. The molecule has 0 aromatic carbocycles. The van der Waals surface area contributed by atoms with Crippen molar-refractivity contribution < 1.29 is 0 Å².